The Kier molecular flexibility index (Phi) is 7.26. The van der Waals surface area contributed by atoms with Gasteiger partial charge in [0.1, 0.15) is 12.3 Å². The summed E-state index contributed by atoms with van der Waals surface area (Å²) in [7, 11) is -3.72. The number of carbonyl (C=O) groups excluding carboxylic acids is 2. The normalized spacial score (nSPS) is 22.2. The molecule has 2 aliphatic heterocycles. The Balaban J connectivity index is 1.83. The lowest BCUT2D eigenvalue weighted by Gasteiger charge is -2.34. The van der Waals surface area contributed by atoms with Crippen LogP contribution in [-0.2, 0) is 19.6 Å². The fraction of sp³-hybridized carbons (Fsp3) is 0.636. The molecule has 0 saturated carbocycles. The number of hydrogen-bond donors (Lipinski definition) is 1. The van der Waals surface area contributed by atoms with Gasteiger partial charge in [-0.15, -0.1) is 0 Å². The summed E-state index contributed by atoms with van der Waals surface area (Å²) in [6.07, 6.45) is 1.84. The molecule has 1 aromatic carbocycles. The van der Waals surface area contributed by atoms with E-state index in [2.05, 4.69) is 33.0 Å². The molecule has 1 fully saturated rings. The van der Waals surface area contributed by atoms with Gasteiger partial charge in [0.2, 0.25) is 15.9 Å². The van der Waals surface area contributed by atoms with Gasteiger partial charge in [-0.2, -0.15) is 4.31 Å². The van der Waals surface area contributed by atoms with Gasteiger partial charge in [-0.25, -0.2) is 8.42 Å². The smallest absolute Gasteiger partial charge is 0.265 e. The van der Waals surface area contributed by atoms with Crippen LogP contribution < -0.4 is 15.0 Å². The van der Waals surface area contributed by atoms with Crippen LogP contribution >= 0.6 is 0 Å². The number of amides is 2. The molecule has 2 heterocycles. The Morgan fingerprint density at radius 3 is 2.55 bits per heavy atom. The molecule has 2 atom stereocenters. The van der Waals surface area contributed by atoms with Gasteiger partial charge in [0, 0.05) is 19.6 Å². The first-order valence-electron chi connectivity index (χ1n) is 10.9. The van der Waals surface area contributed by atoms with E-state index in [1.54, 1.807) is 6.07 Å². The first kappa shape index (κ1) is 23.5. The molecule has 172 valence electrons. The Hall–Kier alpha value is -2.13. The van der Waals surface area contributed by atoms with Crippen LogP contribution in [0.3, 0.4) is 0 Å². The molecule has 0 spiro atoms. The van der Waals surface area contributed by atoms with Crippen molar-refractivity contribution < 1.29 is 22.7 Å². The summed E-state index contributed by atoms with van der Waals surface area (Å²) in [5, 5.41) is 2.82. The molecule has 1 saturated heterocycles. The van der Waals surface area contributed by atoms with Crippen molar-refractivity contribution in [3.8, 4) is 5.75 Å². The van der Waals surface area contributed by atoms with E-state index in [-0.39, 0.29) is 41.7 Å². The van der Waals surface area contributed by atoms with E-state index in [0.717, 1.165) is 12.8 Å². The summed E-state index contributed by atoms with van der Waals surface area (Å²) < 4.78 is 33.6. The molecule has 1 N–H and O–H groups in total. The highest BCUT2D eigenvalue weighted by atomic mass is 32.2. The fourth-order valence-corrected chi connectivity index (χ4v) is 5.87. The lowest BCUT2D eigenvalue weighted by molar-refractivity contribution is -0.125. The number of anilines is 1. The van der Waals surface area contributed by atoms with E-state index in [1.165, 1.54) is 21.3 Å². The van der Waals surface area contributed by atoms with Crippen molar-refractivity contribution >= 4 is 27.5 Å². The summed E-state index contributed by atoms with van der Waals surface area (Å²) in [6, 6.07) is 4.52. The molecule has 0 bridgehead atoms. The summed E-state index contributed by atoms with van der Waals surface area (Å²) in [5.74, 6) is 0.766. The predicted molar refractivity (Wildman–Crippen MR) is 118 cm³/mol. The number of nitrogens with one attached hydrogen (secondary N) is 1. The third kappa shape index (κ3) is 5.57. The minimum Gasteiger partial charge on any atom is -0.482 e. The Morgan fingerprint density at radius 1 is 1.23 bits per heavy atom. The standard InChI is InChI=1S/C22H33N3O5S/c1-15(2)7-8-23-21(26)13-25-19-10-18(5-6-20(19)30-14-22(25)27)31(28,29)24-11-16(3)9-17(4)12-24/h5-6,10,15-17H,7-9,11-14H2,1-4H3,(H,23,26)/t16-,17-/m0/s1. The zero-order valence-corrected chi connectivity index (χ0v) is 19.6. The number of carbonyl (C=O) groups is 2. The van der Waals surface area contributed by atoms with Crippen molar-refractivity contribution in [2.24, 2.45) is 17.8 Å². The first-order chi connectivity index (χ1) is 14.6. The second-order valence-electron chi connectivity index (χ2n) is 9.20. The topological polar surface area (TPSA) is 96.0 Å². The predicted octanol–water partition coefficient (Wildman–Crippen LogP) is 2.24. The molecule has 31 heavy (non-hydrogen) atoms. The van der Waals surface area contributed by atoms with Crippen molar-refractivity contribution in [1.29, 1.82) is 0 Å². The fourth-order valence-electron chi connectivity index (χ4n) is 4.17. The van der Waals surface area contributed by atoms with Crippen LogP contribution in [0.25, 0.3) is 0 Å². The number of fused-ring (bicyclic) bond motifs is 1. The monoisotopic (exact) mass is 451 g/mol. The van der Waals surface area contributed by atoms with Crippen LogP contribution in [0, 0.1) is 17.8 Å². The number of ether oxygens (including phenoxy) is 1. The lowest BCUT2D eigenvalue weighted by Crippen LogP contribution is -2.45. The highest BCUT2D eigenvalue weighted by molar-refractivity contribution is 7.89. The number of benzene rings is 1. The van der Waals surface area contributed by atoms with Crippen LogP contribution in [0.1, 0.15) is 40.5 Å². The largest absolute Gasteiger partial charge is 0.482 e. The van der Waals surface area contributed by atoms with Gasteiger partial charge in [0.25, 0.3) is 5.91 Å². The molecular weight excluding hydrogens is 418 g/mol. The van der Waals surface area contributed by atoms with Crippen molar-refractivity contribution in [1.82, 2.24) is 9.62 Å². The van der Waals surface area contributed by atoms with Crippen LogP contribution in [0.4, 0.5) is 5.69 Å². The van der Waals surface area contributed by atoms with Gasteiger partial charge in [-0.1, -0.05) is 27.7 Å². The van der Waals surface area contributed by atoms with Gasteiger partial charge in [-0.3, -0.25) is 14.5 Å². The molecular formula is C22H33N3O5S. The SMILES string of the molecule is CC(C)CCNC(=O)CN1C(=O)COc2ccc(S(=O)(=O)N3C[C@@H](C)C[C@H](C)C3)cc21. The first-order valence-corrected chi connectivity index (χ1v) is 12.4. The number of piperidine rings is 1. The molecule has 2 aliphatic rings. The summed E-state index contributed by atoms with van der Waals surface area (Å²) in [5.41, 5.74) is 0.314. The molecule has 0 radical (unpaired) electrons. The second kappa shape index (κ2) is 9.56. The third-order valence-corrected chi connectivity index (χ3v) is 7.52. The zero-order valence-electron chi connectivity index (χ0n) is 18.8. The molecule has 0 aliphatic carbocycles. The minimum atomic E-state index is -3.72. The lowest BCUT2D eigenvalue weighted by atomic mass is 9.94. The molecule has 0 aromatic heterocycles. The maximum atomic E-state index is 13.3. The molecule has 1 aromatic rings. The van der Waals surface area contributed by atoms with Crippen LogP contribution in [0.2, 0.25) is 0 Å². The van der Waals surface area contributed by atoms with Crippen molar-refractivity contribution in [2.45, 2.75) is 45.4 Å². The molecule has 9 heteroatoms. The van der Waals surface area contributed by atoms with Crippen LogP contribution in [-0.4, -0.2) is 57.3 Å². The third-order valence-electron chi connectivity index (χ3n) is 5.69. The number of sulfonamides is 1. The quantitative estimate of drug-likeness (QED) is 0.686. The van der Waals surface area contributed by atoms with Crippen molar-refractivity contribution in [3.05, 3.63) is 18.2 Å². The van der Waals surface area contributed by atoms with E-state index < -0.39 is 10.0 Å². The zero-order chi connectivity index (χ0) is 22.8. The van der Waals surface area contributed by atoms with Crippen LogP contribution in [0.15, 0.2) is 23.1 Å². The van der Waals surface area contributed by atoms with Gasteiger partial charge < -0.3 is 10.1 Å². The molecule has 2 amide bonds. The highest BCUT2D eigenvalue weighted by Gasteiger charge is 2.34. The van der Waals surface area contributed by atoms with Crippen molar-refractivity contribution in [2.75, 3.05) is 37.7 Å². The molecule has 0 unspecified atom stereocenters. The van der Waals surface area contributed by atoms with Crippen molar-refractivity contribution in [3.63, 3.8) is 0 Å². The molecule has 3 rings (SSSR count). The van der Waals surface area contributed by atoms with E-state index >= 15 is 0 Å². The minimum absolute atomic E-state index is 0.107. The maximum absolute atomic E-state index is 13.3. The average molecular weight is 452 g/mol. The molecule has 8 nitrogen and oxygen atoms in total. The summed E-state index contributed by atoms with van der Waals surface area (Å²) in [4.78, 5) is 26.3. The van der Waals surface area contributed by atoms with Gasteiger partial charge in [0.05, 0.1) is 10.6 Å². The number of rotatable bonds is 7. The highest BCUT2D eigenvalue weighted by Crippen LogP contribution is 2.36. The average Bonchev–Trinajstić information content (AvgIpc) is 2.68. The summed E-state index contributed by atoms with van der Waals surface area (Å²) in [6.45, 7) is 9.37. The van der Waals surface area contributed by atoms with Gasteiger partial charge in [-0.05, 0) is 48.8 Å². The van der Waals surface area contributed by atoms with Gasteiger partial charge in [0.15, 0.2) is 6.61 Å². The van der Waals surface area contributed by atoms with Gasteiger partial charge >= 0.3 is 0 Å². The number of nitrogens with zero attached hydrogens (tertiary/aromatic N) is 2. The summed E-state index contributed by atoms with van der Waals surface area (Å²) >= 11 is 0. The van der Waals surface area contributed by atoms with E-state index in [4.69, 9.17) is 4.74 Å². The maximum Gasteiger partial charge on any atom is 0.265 e. The number of hydrogen-bond acceptors (Lipinski definition) is 5. The van der Waals surface area contributed by atoms with E-state index in [0.29, 0.717) is 37.0 Å². The second-order valence-corrected chi connectivity index (χ2v) is 11.1. The Labute approximate surface area is 185 Å². The van der Waals surface area contributed by atoms with E-state index in [9.17, 15) is 18.0 Å². The van der Waals surface area contributed by atoms with E-state index in [1.807, 2.05) is 0 Å². The Bertz CT molecular complexity index is 921. The Morgan fingerprint density at radius 2 is 1.90 bits per heavy atom. The van der Waals surface area contributed by atoms with Crippen LogP contribution in [0.5, 0.6) is 5.75 Å².